The number of hydrogen-bond donors (Lipinski definition) is 0. The molecule has 0 aromatic carbocycles. The fourth-order valence-corrected chi connectivity index (χ4v) is 4.09. The molecule has 0 saturated heterocycles. The van der Waals surface area contributed by atoms with Crippen molar-refractivity contribution in [3.05, 3.63) is 5.82 Å². The molecular formula is C12H19N3OS. The minimum absolute atomic E-state index is 0.406. The smallest absolute Gasteiger partial charge is 0.205 e. The molecule has 0 aliphatic heterocycles. The SMILES string of the molecule is COC1CC(N(C)c2nc(C)ns2)C12CCC2. The molecule has 1 aromatic rings. The van der Waals surface area contributed by atoms with E-state index >= 15 is 0 Å². The van der Waals surface area contributed by atoms with Gasteiger partial charge in [0.05, 0.1) is 6.10 Å². The van der Waals surface area contributed by atoms with Crippen molar-refractivity contribution in [2.24, 2.45) is 5.41 Å². The molecule has 17 heavy (non-hydrogen) atoms. The molecule has 94 valence electrons. The monoisotopic (exact) mass is 253 g/mol. The molecule has 2 fully saturated rings. The summed E-state index contributed by atoms with van der Waals surface area (Å²) in [6, 6.07) is 0.591. The standard InChI is InChI=1S/C12H19N3OS/c1-8-13-11(17-14-8)15(2)9-7-10(16-3)12(9)5-4-6-12/h9-10H,4-7H2,1-3H3. The van der Waals surface area contributed by atoms with E-state index in [2.05, 4.69) is 21.3 Å². The maximum atomic E-state index is 5.61. The van der Waals surface area contributed by atoms with Crippen molar-refractivity contribution >= 4 is 16.7 Å². The molecule has 2 aliphatic carbocycles. The zero-order valence-corrected chi connectivity index (χ0v) is 11.5. The van der Waals surface area contributed by atoms with E-state index in [9.17, 15) is 0 Å². The molecular weight excluding hydrogens is 234 g/mol. The summed E-state index contributed by atoms with van der Waals surface area (Å²) in [5.41, 5.74) is 0.406. The van der Waals surface area contributed by atoms with Crippen LogP contribution in [0.4, 0.5) is 5.13 Å². The third kappa shape index (κ3) is 1.52. The fourth-order valence-electron chi connectivity index (χ4n) is 3.40. The molecule has 1 aromatic heterocycles. The van der Waals surface area contributed by atoms with Crippen molar-refractivity contribution in [3.8, 4) is 0 Å². The van der Waals surface area contributed by atoms with Gasteiger partial charge in [0.1, 0.15) is 5.82 Å². The predicted octanol–water partition coefficient (Wildman–Crippen LogP) is 2.24. The van der Waals surface area contributed by atoms with Gasteiger partial charge in [-0.15, -0.1) is 0 Å². The molecule has 2 aliphatic rings. The number of aryl methyl sites for hydroxylation is 1. The third-order valence-corrected chi connectivity index (χ3v) is 5.50. The number of nitrogens with zero attached hydrogens (tertiary/aromatic N) is 3. The van der Waals surface area contributed by atoms with Crippen molar-refractivity contribution in [1.82, 2.24) is 9.36 Å². The normalized spacial score (nSPS) is 29.8. The van der Waals surface area contributed by atoms with Crippen LogP contribution in [-0.2, 0) is 4.74 Å². The molecule has 2 unspecified atom stereocenters. The summed E-state index contributed by atoms with van der Waals surface area (Å²) in [5.74, 6) is 0.877. The number of methoxy groups -OCH3 is 1. The average molecular weight is 253 g/mol. The van der Waals surface area contributed by atoms with Gasteiger partial charge < -0.3 is 9.64 Å². The minimum atomic E-state index is 0.406. The number of anilines is 1. The first-order chi connectivity index (χ1) is 8.17. The average Bonchev–Trinajstić information content (AvgIpc) is 2.61. The fraction of sp³-hybridized carbons (Fsp3) is 0.833. The highest BCUT2D eigenvalue weighted by Crippen LogP contribution is 2.59. The van der Waals surface area contributed by atoms with E-state index in [0.29, 0.717) is 17.6 Å². The van der Waals surface area contributed by atoms with Crippen molar-refractivity contribution in [2.45, 2.75) is 44.8 Å². The van der Waals surface area contributed by atoms with E-state index in [4.69, 9.17) is 4.74 Å². The molecule has 1 heterocycles. The maximum absolute atomic E-state index is 5.61. The Morgan fingerprint density at radius 2 is 2.24 bits per heavy atom. The zero-order chi connectivity index (χ0) is 12.0. The molecule has 0 bridgehead atoms. The van der Waals surface area contributed by atoms with E-state index in [-0.39, 0.29) is 0 Å². The number of rotatable bonds is 3. The molecule has 3 rings (SSSR count). The summed E-state index contributed by atoms with van der Waals surface area (Å²) in [7, 11) is 3.99. The number of aromatic nitrogens is 2. The summed E-state index contributed by atoms with van der Waals surface area (Å²) in [5, 5.41) is 1.05. The van der Waals surface area contributed by atoms with E-state index in [0.717, 1.165) is 17.4 Å². The Labute approximate surface area is 106 Å². The van der Waals surface area contributed by atoms with Crippen LogP contribution < -0.4 is 4.90 Å². The summed E-state index contributed by atoms with van der Waals surface area (Å²) in [6.45, 7) is 1.95. The van der Waals surface area contributed by atoms with Crippen LogP contribution >= 0.6 is 11.5 Å². The Morgan fingerprint density at radius 3 is 2.71 bits per heavy atom. The summed E-state index contributed by atoms with van der Waals surface area (Å²) in [6.07, 6.45) is 5.54. The quantitative estimate of drug-likeness (QED) is 0.828. The molecule has 0 radical (unpaired) electrons. The molecule has 2 atom stereocenters. The minimum Gasteiger partial charge on any atom is -0.381 e. The van der Waals surface area contributed by atoms with Crippen molar-refractivity contribution in [2.75, 3.05) is 19.1 Å². The zero-order valence-electron chi connectivity index (χ0n) is 10.6. The van der Waals surface area contributed by atoms with E-state index in [1.807, 2.05) is 14.0 Å². The number of ether oxygens (including phenoxy) is 1. The summed E-state index contributed by atoms with van der Waals surface area (Å²) < 4.78 is 9.87. The van der Waals surface area contributed by atoms with Crippen LogP contribution in [0.1, 0.15) is 31.5 Å². The molecule has 5 heteroatoms. The van der Waals surface area contributed by atoms with Gasteiger partial charge in [-0.1, -0.05) is 6.42 Å². The molecule has 1 spiro atoms. The third-order valence-electron chi connectivity index (χ3n) is 4.60. The molecule has 2 saturated carbocycles. The number of hydrogen-bond acceptors (Lipinski definition) is 5. The van der Waals surface area contributed by atoms with Crippen molar-refractivity contribution in [3.63, 3.8) is 0 Å². The second kappa shape index (κ2) is 3.92. The van der Waals surface area contributed by atoms with Crippen LogP contribution in [0.25, 0.3) is 0 Å². The van der Waals surface area contributed by atoms with Crippen LogP contribution in [0.2, 0.25) is 0 Å². The van der Waals surface area contributed by atoms with Crippen LogP contribution in [0, 0.1) is 12.3 Å². The van der Waals surface area contributed by atoms with Gasteiger partial charge in [0, 0.05) is 37.1 Å². The van der Waals surface area contributed by atoms with Crippen LogP contribution in [-0.4, -0.2) is 35.7 Å². The van der Waals surface area contributed by atoms with Crippen LogP contribution in [0.3, 0.4) is 0 Å². The Bertz CT molecular complexity index is 416. The molecule has 0 N–H and O–H groups in total. The highest BCUT2D eigenvalue weighted by molar-refractivity contribution is 7.09. The first-order valence-corrected chi connectivity index (χ1v) is 7.00. The Morgan fingerprint density at radius 1 is 1.47 bits per heavy atom. The van der Waals surface area contributed by atoms with Gasteiger partial charge in [0.2, 0.25) is 5.13 Å². The topological polar surface area (TPSA) is 38.2 Å². The van der Waals surface area contributed by atoms with Crippen molar-refractivity contribution in [1.29, 1.82) is 0 Å². The Kier molecular flexibility index (Phi) is 2.63. The van der Waals surface area contributed by atoms with Gasteiger partial charge in [-0.2, -0.15) is 4.37 Å². The Hall–Kier alpha value is -0.680. The van der Waals surface area contributed by atoms with E-state index < -0.39 is 0 Å². The predicted molar refractivity (Wildman–Crippen MR) is 68.5 cm³/mol. The highest BCUT2D eigenvalue weighted by Gasteiger charge is 2.60. The molecule has 4 nitrogen and oxygen atoms in total. The lowest BCUT2D eigenvalue weighted by Gasteiger charge is -2.62. The Balaban J connectivity index is 1.77. The van der Waals surface area contributed by atoms with Crippen LogP contribution in [0.5, 0.6) is 0 Å². The largest absolute Gasteiger partial charge is 0.381 e. The van der Waals surface area contributed by atoms with E-state index in [1.165, 1.54) is 30.8 Å². The summed E-state index contributed by atoms with van der Waals surface area (Å²) in [4.78, 5) is 6.80. The van der Waals surface area contributed by atoms with Gasteiger partial charge in [-0.05, 0) is 26.2 Å². The first kappa shape index (κ1) is 11.4. The van der Waals surface area contributed by atoms with Gasteiger partial charge >= 0.3 is 0 Å². The highest BCUT2D eigenvalue weighted by atomic mass is 32.1. The van der Waals surface area contributed by atoms with Gasteiger partial charge in [0.25, 0.3) is 0 Å². The second-order valence-electron chi connectivity index (χ2n) is 5.30. The summed E-state index contributed by atoms with van der Waals surface area (Å²) >= 11 is 1.50. The van der Waals surface area contributed by atoms with Gasteiger partial charge in [-0.3, -0.25) is 0 Å². The van der Waals surface area contributed by atoms with Gasteiger partial charge in [0.15, 0.2) is 0 Å². The first-order valence-electron chi connectivity index (χ1n) is 6.23. The maximum Gasteiger partial charge on any atom is 0.205 e. The molecule has 0 amide bonds. The van der Waals surface area contributed by atoms with E-state index in [1.54, 1.807) is 0 Å². The van der Waals surface area contributed by atoms with Gasteiger partial charge in [-0.25, -0.2) is 4.98 Å². The van der Waals surface area contributed by atoms with Crippen molar-refractivity contribution < 1.29 is 4.74 Å². The second-order valence-corrected chi connectivity index (χ2v) is 6.03. The lowest BCUT2D eigenvalue weighted by Crippen LogP contribution is -2.67. The van der Waals surface area contributed by atoms with Crippen LogP contribution in [0.15, 0.2) is 0 Å². The lowest BCUT2D eigenvalue weighted by molar-refractivity contribution is -0.152. The lowest BCUT2D eigenvalue weighted by atomic mass is 9.50.